The van der Waals surface area contributed by atoms with Crippen molar-refractivity contribution < 1.29 is 9.53 Å². The van der Waals surface area contributed by atoms with Crippen LogP contribution in [-0.2, 0) is 6.54 Å². The highest BCUT2D eigenvalue weighted by Crippen LogP contribution is 2.11. The number of halogens is 1. The van der Waals surface area contributed by atoms with E-state index in [9.17, 15) is 9.59 Å². The Morgan fingerprint density at radius 1 is 1.14 bits per heavy atom. The summed E-state index contributed by atoms with van der Waals surface area (Å²) in [6, 6.07) is 17.5. The molecule has 142 valence electrons. The smallest absolute Gasteiger partial charge is 0.276 e. The largest absolute Gasteiger partial charge is 0.497 e. The summed E-state index contributed by atoms with van der Waals surface area (Å²) >= 11 is 5.88. The molecule has 7 heteroatoms. The van der Waals surface area contributed by atoms with Gasteiger partial charge in [0.2, 0.25) is 0 Å². The Bertz CT molecular complexity index is 1040. The van der Waals surface area contributed by atoms with E-state index >= 15 is 0 Å². The quantitative estimate of drug-likeness (QED) is 0.514. The van der Waals surface area contributed by atoms with Crippen LogP contribution >= 0.6 is 11.6 Å². The van der Waals surface area contributed by atoms with E-state index in [0.717, 1.165) is 16.9 Å². The van der Waals surface area contributed by atoms with E-state index < -0.39 is 11.5 Å². The number of aromatic nitrogens is 1. The van der Waals surface area contributed by atoms with Gasteiger partial charge in [0.1, 0.15) is 11.3 Å². The predicted octanol–water partition coefficient (Wildman–Crippen LogP) is 3.32. The van der Waals surface area contributed by atoms with E-state index in [0.29, 0.717) is 11.6 Å². The summed E-state index contributed by atoms with van der Waals surface area (Å²) in [5.41, 5.74) is 3.70. The van der Waals surface area contributed by atoms with Crippen LogP contribution in [0.4, 0.5) is 0 Å². The van der Waals surface area contributed by atoms with Gasteiger partial charge in [0.05, 0.1) is 19.9 Å². The van der Waals surface area contributed by atoms with Gasteiger partial charge in [-0.2, -0.15) is 5.10 Å². The average Bonchev–Trinajstić information content (AvgIpc) is 2.71. The van der Waals surface area contributed by atoms with Crippen molar-refractivity contribution in [2.24, 2.45) is 5.10 Å². The van der Waals surface area contributed by atoms with Crippen LogP contribution in [-0.4, -0.2) is 23.8 Å². The molecule has 0 saturated heterocycles. The fraction of sp³-hybridized carbons (Fsp3) is 0.0952. The predicted molar refractivity (Wildman–Crippen MR) is 109 cm³/mol. The first-order valence-corrected chi connectivity index (χ1v) is 8.86. The molecule has 1 amide bonds. The first kappa shape index (κ1) is 19.4. The number of carbonyl (C=O) groups is 1. The second-order valence-corrected chi connectivity index (χ2v) is 6.39. The summed E-state index contributed by atoms with van der Waals surface area (Å²) in [6.45, 7) is 0.340. The highest BCUT2D eigenvalue weighted by atomic mass is 35.5. The third-order valence-electron chi connectivity index (χ3n) is 4.03. The van der Waals surface area contributed by atoms with Crippen molar-refractivity contribution in [1.82, 2.24) is 9.99 Å². The molecule has 2 aromatic carbocycles. The Kier molecular flexibility index (Phi) is 6.24. The minimum absolute atomic E-state index is 0.0170. The molecule has 0 atom stereocenters. The van der Waals surface area contributed by atoms with E-state index in [1.807, 2.05) is 12.1 Å². The van der Waals surface area contributed by atoms with Crippen LogP contribution in [0.1, 0.15) is 21.5 Å². The Balaban J connectivity index is 1.70. The summed E-state index contributed by atoms with van der Waals surface area (Å²) in [6.07, 6.45) is 3.13. The van der Waals surface area contributed by atoms with Crippen LogP contribution in [0.2, 0.25) is 5.02 Å². The van der Waals surface area contributed by atoms with Gasteiger partial charge in [-0.25, -0.2) is 5.43 Å². The van der Waals surface area contributed by atoms with Crippen molar-refractivity contribution in [2.75, 3.05) is 7.11 Å². The number of hydrogen-bond acceptors (Lipinski definition) is 4. The summed E-state index contributed by atoms with van der Waals surface area (Å²) < 4.78 is 6.55. The SMILES string of the molecule is COc1ccc(/C=N\NC(=O)c2cccn(Cc3ccc(Cl)cc3)c2=O)cc1. The molecule has 0 saturated carbocycles. The van der Waals surface area contributed by atoms with Gasteiger partial charge in [0.25, 0.3) is 11.5 Å². The number of rotatable bonds is 6. The second-order valence-electron chi connectivity index (χ2n) is 5.95. The Labute approximate surface area is 167 Å². The molecule has 0 unspecified atom stereocenters. The fourth-order valence-electron chi connectivity index (χ4n) is 2.54. The molecule has 0 aliphatic carbocycles. The summed E-state index contributed by atoms with van der Waals surface area (Å²) in [5, 5.41) is 4.53. The lowest BCUT2D eigenvalue weighted by atomic mass is 10.2. The molecule has 0 spiro atoms. The maximum atomic E-state index is 12.6. The third kappa shape index (κ3) is 4.86. The molecule has 0 radical (unpaired) electrons. The number of nitrogens with one attached hydrogen (secondary N) is 1. The summed E-state index contributed by atoms with van der Waals surface area (Å²) in [5.74, 6) is 0.159. The van der Waals surface area contributed by atoms with Gasteiger partial charge in [0, 0.05) is 11.2 Å². The number of hydrazone groups is 1. The maximum absolute atomic E-state index is 12.6. The molecular formula is C21H18ClN3O3. The van der Waals surface area contributed by atoms with Crippen LogP contribution in [0.25, 0.3) is 0 Å². The van der Waals surface area contributed by atoms with E-state index in [4.69, 9.17) is 16.3 Å². The minimum atomic E-state index is -0.569. The van der Waals surface area contributed by atoms with Crippen molar-refractivity contribution >= 4 is 23.7 Å². The van der Waals surface area contributed by atoms with Crippen molar-refractivity contribution in [3.8, 4) is 5.75 Å². The molecule has 0 fully saturated rings. The van der Waals surface area contributed by atoms with Gasteiger partial charge in [0.15, 0.2) is 0 Å². The monoisotopic (exact) mass is 395 g/mol. The second kappa shape index (κ2) is 9.01. The number of methoxy groups -OCH3 is 1. The highest BCUT2D eigenvalue weighted by molar-refractivity contribution is 6.30. The van der Waals surface area contributed by atoms with Crippen molar-refractivity contribution in [2.45, 2.75) is 6.54 Å². The molecule has 1 aromatic heterocycles. The Hall–Kier alpha value is -3.38. The Morgan fingerprint density at radius 2 is 1.86 bits per heavy atom. The van der Waals surface area contributed by atoms with Gasteiger partial charge in [-0.05, 0) is 59.7 Å². The molecule has 3 aromatic rings. The molecular weight excluding hydrogens is 378 g/mol. The summed E-state index contributed by atoms with van der Waals surface area (Å²) in [4.78, 5) is 24.9. The van der Waals surface area contributed by atoms with Gasteiger partial charge < -0.3 is 9.30 Å². The lowest BCUT2D eigenvalue weighted by Crippen LogP contribution is -2.30. The van der Waals surface area contributed by atoms with Crippen molar-refractivity contribution in [1.29, 1.82) is 0 Å². The first-order chi connectivity index (χ1) is 13.6. The average molecular weight is 396 g/mol. The zero-order valence-electron chi connectivity index (χ0n) is 15.1. The number of amides is 1. The van der Waals surface area contributed by atoms with Crippen LogP contribution in [0.15, 0.2) is 76.8 Å². The standard InChI is InChI=1S/C21H18ClN3O3/c1-28-18-10-6-15(7-11-18)13-23-24-20(26)19-3-2-12-25(21(19)27)14-16-4-8-17(22)9-5-16/h2-13H,14H2,1H3,(H,24,26)/b23-13-. The Morgan fingerprint density at radius 3 is 2.54 bits per heavy atom. The van der Waals surface area contributed by atoms with E-state index in [2.05, 4.69) is 10.5 Å². The highest BCUT2D eigenvalue weighted by Gasteiger charge is 2.11. The first-order valence-electron chi connectivity index (χ1n) is 8.48. The number of pyridine rings is 1. The zero-order chi connectivity index (χ0) is 19.9. The van der Waals surface area contributed by atoms with Crippen molar-refractivity contribution in [3.05, 3.63) is 98.9 Å². The van der Waals surface area contributed by atoms with E-state index in [1.165, 1.54) is 16.8 Å². The number of carbonyl (C=O) groups excluding carboxylic acids is 1. The normalized spacial score (nSPS) is 10.8. The molecule has 3 rings (SSSR count). The number of benzene rings is 2. The molecule has 1 heterocycles. The minimum Gasteiger partial charge on any atom is -0.497 e. The zero-order valence-corrected chi connectivity index (χ0v) is 15.9. The number of nitrogens with zero attached hydrogens (tertiary/aromatic N) is 2. The molecule has 6 nitrogen and oxygen atoms in total. The topological polar surface area (TPSA) is 72.7 Å². The lowest BCUT2D eigenvalue weighted by molar-refractivity contribution is 0.0953. The number of hydrogen-bond donors (Lipinski definition) is 1. The lowest BCUT2D eigenvalue weighted by Gasteiger charge is -2.08. The molecule has 1 N–H and O–H groups in total. The molecule has 0 bridgehead atoms. The molecule has 0 aliphatic rings. The number of ether oxygens (including phenoxy) is 1. The van der Waals surface area contributed by atoms with E-state index in [-0.39, 0.29) is 5.56 Å². The van der Waals surface area contributed by atoms with Gasteiger partial charge in [-0.15, -0.1) is 0 Å². The van der Waals surface area contributed by atoms with E-state index in [1.54, 1.807) is 55.8 Å². The maximum Gasteiger partial charge on any atom is 0.276 e. The van der Waals surface area contributed by atoms with Crippen LogP contribution in [0, 0.1) is 0 Å². The van der Waals surface area contributed by atoms with Gasteiger partial charge in [-0.1, -0.05) is 23.7 Å². The fourth-order valence-corrected chi connectivity index (χ4v) is 2.66. The van der Waals surface area contributed by atoms with Crippen LogP contribution in [0.3, 0.4) is 0 Å². The van der Waals surface area contributed by atoms with Crippen molar-refractivity contribution in [3.63, 3.8) is 0 Å². The molecule has 0 aliphatic heterocycles. The van der Waals surface area contributed by atoms with Crippen LogP contribution < -0.4 is 15.7 Å². The van der Waals surface area contributed by atoms with Gasteiger partial charge >= 0.3 is 0 Å². The van der Waals surface area contributed by atoms with Crippen LogP contribution in [0.5, 0.6) is 5.75 Å². The third-order valence-corrected chi connectivity index (χ3v) is 4.28. The van der Waals surface area contributed by atoms with Gasteiger partial charge in [-0.3, -0.25) is 9.59 Å². The molecule has 28 heavy (non-hydrogen) atoms. The summed E-state index contributed by atoms with van der Waals surface area (Å²) in [7, 11) is 1.59.